The van der Waals surface area contributed by atoms with Crippen LogP contribution in [0.4, 0.5) is 17.2 Å². The molecule has 0 spiro atoms. The van der Waals surface area contributed by atoms with Gasteiger partial charge in [-0.05, 0) is 0 Å². The molecule has 0 amide bonds. The van der Waals surface area contributed by atoms with Crippen LogP contribution in [0.15, 0.2) is 30.5 Å². The van der Waals surface area contributed by atoms with Crippen LogP contribution in [0.1, 0.15) is 0 Å². The van der Waals surface area contributed by atoms with Gasteiger partial charge in [0.25, 0.3) is 5.69 Å². The van der Waals surface area contributed by atoms with Gasteiger partial charge in [0.05, 0.1) is 23.8 Å². The minimum atomic E-state index is -0.466. The molecule has 18 heavy (non-hydrogen) atoms. The van der Waals surface area contributed by atoms with E-state index in [1.807, 2.05) is 0 Å². The number of ether oxygens (including phenoxy) is 1. The number of hydrogen-bond donors (Lipinski definition) is 1. The molecule has 0 aliphatic rings. The van der Waals surface area contributed by atoms with Crippen molar-refractivity contribution in [3.63, 3.8) is 0 Å². The summed E-state index contributed by atoms with van der Waals surface area (Å²) in [4.78, 5) is 10.3. The maximum absolute atomic E-state index is 10.8. The van der Waals surface area contributed by atoms with E-state index < -0.39 is 4.92 Å². The van der Waals surface area contributed by atoms with Gasteiger partial charge in [-0.2, -0.15) is 5.10 Å². The van der Waals surface area contributed by atoms with Crippen LogP contribution in [0.5, 0.6) is 5.75 Å². The van der Waals surface area contributed by atoms with Crippen molar-refractivity contribution >= 4 is 17.2 Å². The minimum absolute atomic E-state index is 0.0345. The summed E-state index contributed by atoms with van der Waals surface area (Å²) in [5.74, 6) is 1.03. The Kier molecular flexibility index (Phi) is 3.13. The number of rotatable bonds is 4. The van der Waals surface area contributed by atoms with Crippen LogP contribution in [0.3, 0.4) is 0 Å². The molecular weight excluding hydrogens is 236 g/mol. The van der Waals surface area contributed by atoms with E-state index in [4.69, 9.17) is 4.74 Å². The zero-order chi connectivity index (χ0) is 13.1. The third-order valence-electron chi connectivity index (χ3n) is 2.32. The van der Waals surface area contributed by atoms with E-state index in [2.05, 4.69) is 10.4 Å². The van der Waals surface area contributed by atoms with Crippen molar-refractivity contribution in [3.8, 4) is 5.75 Å². The molecule has 1 N–H and O–H groups in total. The first kappa shape index (κ1) is 11.9. The molecule has 0 aliphatic heterocycles. The molecule has 0 atom stereocenters. The van der Waals surface area contributed by atoms with E-state index in [0.717, 1.165) is 0 Å². The Labute approximate surface area is 103 Å². The molecule has 0 aliphatic carbocycles. The van der Waals surface area contributed by atoms with Gasteiger partial charge < -0.3 is 10.1 Å². The molecule has 0 radical (unpaired) electrons. The first-order chi connectivity index (χ1) is 8.58. The summed E-state index contributed by atoms with van der Waals surface area (Å²) in [6.07, 6.45) is 1.77. The maximum Gasteiger partial charge on any atom is 0.275 e. The van der Waals surface area contributed by atoms with Crippen molar-refractivity contribution in [2.75, 3.05) is 12.4 Å². The van der Waals surface area contributed by atoms with Gasteiger partial charge in [-0.25, -0.2) is 0 Å². The zero-order valence-corrected chi connectivity index (χ0v) is 9.95. The Bertz CT molecular complexity index is 579. The molecule has 7 nitrogen and oxygen atoms in total. The van der Waals surface area contributed by atoms with E-state index >= 15 is 0 Å². The first-order valence-electron chi connectivity index (χ1n) is 5.18. The summed E-state index contributed by atoms with van der Waals surface area (Å²) in [6.45, 7) is 0. The van der Waals surface area contributed by atoms with Crippen molar-refractivity contribution in [3.05, 3.63) is 40.6 Å². The molecule has 2 aromatic rings. The highest BCUT2D eigenvalue weighted by Crippen LogP contribution is 2.27. The Morgan fingerprint density at radius 3 is 2.78 bits per heavy atom. The molecule has 0 bridgehead atoms. The number of nitro groups is 1. The Hall–Kier alpha value is -2.57. The average molecular weight is 248 g/mol. The lowest BCUT2D eigenvalue weighted by Crippen LogP contribution is -1.96. The maximum atomic E-state index is 10.8. The van der Waals surface area contributed by atoms with Crippen molar-refractivity contribution in [1.29, 1.82) is 0 Å². The van der Waals surface area contributed by atoms with E-state index in [1.165, 1.54) is 19.2 Å². The molecule has 1 heterocycles. The van der Waals surface area contributed by atoms with Crippen molar-refractivity contribution < 1.29 is 9.66 Å². The van der Waals surface area contributed by atoms with Crippen LogP contribution in [0.25, 0.3) is 0 Å². The smallest absolute Gasteiger partial charge is 0.275 e. The lowest BCUT2D eigenvalue weighted by Gasteiger charge is -2.05. The van der Waals surface area contributed by atoms with Crippen LogP contribution in [-0.4, -0.2) is 21.8 Å². The van der Waals surface area contributed by atoms with Gasteiger partial charge in [0.1, 0.15) is 5.75 Å². The van der Waals surface area contributed by atoms with Crippen molar-refractivity contribution in [1.82, 2.24) is 9.78 Å². The van der Waals surface area contributed by atoms with E-state index in [1.54, 1.807) is 30.1 Å². The topological polar surface area (TPSA) is 82.2 Å². The number of nitrogens with zero attached hydrogens (tertiary/aromatic N) is 3. The summed E-state index contributed by atoms with van der Waals surface area (Å²) in [6, 6.07) is 6.23. The SMILES string of the molecule is COc1cc(Nc2ccn(C)n2)cc([N+](=O)[O-])c1. The molecule has 1 aromatic carbocycles. The van der Waals surface area contributed by atoms with Gasteiger partial charge >= 0.3 is 0 Å². The highest BCUT2D eigenvalue weighted by Gasteiger charge is 2.10. The van der Waals surface area contributed by atoms with Gasteiger partial charge in [0, 0.05) is 31.4 Å². The largest absolute Gasteiger partial charge is 0.496 e. The lowest BCUT2D eigenvalue weighted by atomic mass is 10.2. The third-order valence-corrected chi connectivity index (χ3v) is 2.32. The number of aromatic nitrogens is 2. The minimum Gasteiger partial charge on any atom is -0.496 e. The molecule has 94 valence electrons. The van der Waals surface area contributed by atoms with Crippen molar-refractivity contribution in [2.24, 2.45) is 7.05 Å². The number of anilines is 2. The van der Waals surface area contributed by atoms with Crippen LogP contribution in [0.2, 0.25) is 0 Å². The summed E-state index contributed by atoms with van der Waals surface area (Å²) in [5, 5.41) is 17.9. The normalized spacial score (nSPS) is 10.1. The summed E-state index contributed by atoms with van der Waals surface area (Å²) >= 11 is 0. The fourth-order valence-electron chi connectivity index (χ4n) is 1.51. The second kappa shape index (κ2) is 4.74. The van der Waals surface area contributed by atoms with Gasteiger partial charge in [0.15, 0.2) is 5.82 Å². The lowest BCUT2D eigenvalue weighted by molar-refractivity contribution is -0.384. The average Bonchev–Trinajstić information content (AvgIpc) is 2.74. The molecule has 1 aromatic heterocycles. The van der Waals surface area contributed by atoms with Crippen LogP contribution >= 0.6 is 0 Å². The molecule has 2 rings (SSSR count). The standard InChI is InChI=1S/C11H12N4O3/c1-14-4-3-11(13-14)12-8-5-9(15(16)17)7-10(6-8)18-2/h3-7H,1-2H3,(H,12,13). The summed E-state index contributed by atoms with van der Waals surface area (Å²) < 4.78 is 6.65. The quantitative estimate of drug-likeness (QED) is 0.661. The predicted molar refractivity (Wildman–Crippen MR) is 66.1 cm³/mol. The van der Waals surface area contributed by atoms with E-state index in [-0.39, 0.29) is 5.69 Å². The summed E-state index contributed by atoms with van der Waals surface area (Å²) in [5.41, 5.74) is 0.521. The van der Waals surface area contributed by atoms with Crippen LogP contribution < -0.4 is 10.1 Å². The molecule has 0 unspecified atom stereocenters. The van der Waals surface area contributed by atoms with Crippen LogP contribution in [0, 0.1) is 10.1 Å². The fourth-order valence-corrected chi connectivity index (χ4v) is 1.51. The number of nitrogens with one attached hydrogen (secondary N) is 1. The van der Waals surface area contributed by atoms with E-state index in [9.17, 15) is 10.1 Å². The predicted octanol–water partition coefficient (Wildman–Crippen LogP) is 2.08. The van der Waals surface area contributed by atoms with Crippen molar-refractivity contribution in [2.45, 2.75) is 0 Å². The second-order valence-corrected chi connectivity index (χ2v) is 3.68. The number of aryl methyl sites for hydroxylation is 1. The molecule has 0 saturated heterocycles. The van der Waals surface area contributed by atoms with Gasteiger partial charge in [0.2, 0.25) is 0 Å². The molecule has 0 fully saturated rings. The summed E-state index contributed by atoms with van der Waals surface area (Å²) in [7, 11) is 3.25. The second-order valence-electron chi connectivity index (χ2n) is 3.68. The van der Waals surface area contributed by atoms with E-state index in [0.29, 0.717) is 17.3 Å². The Morgan fingerprint density at radius 2 is 2.22 bits per heavy atom. The van der Waals surface area contributed by atoms with Crippen LogP contribution in [-0.2, 0) is 7.05 Å². The fraction of sp³-hybridized carbons (Fsp3) is 0.182. The van der Waals surface area contributed by atoms with Gasteiger partial charge in [-0.15, -0.1) is 0 Å². The third kappa shape index (κ3) is 2.57. The van der Waals surface area contributed by atoms with Gasteiger partial charge in [-0.3, -0.25) is 14.8 Å². The zero-order valence-electron chi connectivity index (χ0n) is 9.95. The monoisotopic (exact) mass is 248 g/mol. The highest BCUT2D eigenvalue weighted by atomic mass is 16.6. The number of hydrogen-bond acceptors (Lipinski definition) is 5. The Balaban J connectivity index is 2.32. The number of non-ortho nitro benzene ring substituents is 1. The highest BCUT2D eigenvalue weighted by molar-refractivity contribution is 5.62. The number of benzene rings is 1. The Morgan fingerprint density at radius 1 is 1.44 bits per heavy atom. The molecule has 0 saturated carbocycles. The van der Waals surface area contributed by atoms with Gasteiger partial charge in [-0.1, -0.05) is 0 Å². The number of methoxy groups -OCH3 is 1. The molecule has 7 heteroatoms. The number of nitro benzene ring substituents is 1. The first-order valence-corrected chi connectivity index (χ1v) is 5.18. The molecular formula is C11H12N4O3.